The van der Waals surface area contributed by atoms with Crippen molar-refractivity contribution >= 4 is 6.03 Å². The van der Waals surface area contributed by atoms with Gasteiger partial charge in [0.25, 0.3) is 0 Å². The molecule has 1 aromatic rings. The monoisotopic (exact) mass is 318 g/mol. The van der Waals surface area contributed by atoms with Crippen molar-refractivity contribution in [2.75, 3.05) is 33.9 Å². The highest BCUT2D eigenvalue weighted by Crippen LogP contribution is 2.33. The number of benzene rings is 1. The van der Waals surface area contributed by atoms with Crippen molar-refractivity contribution in [1.29, 1.82) is 0 Å². The van der Waals surface area contributed by atoms with Gasteiger partial charge in [-0.2, -0.15) is 0 Å². The van der Waals surface area contributed by atoms with Gasteiger partial charge in [-0.25, -0.2) is 4.79 Å². The van der Waals surface area contributed by atoms with Crippen LogP contribution in [0.4, 0.5) is 4.79 Å². The third-order valence-electron chi connectivity index (χ3n) is 4.87. The zero-order valence-electron chi connectivity index (χ0n) is 14.0. The molecule has 0 spiro atoms. The highest BCUT2D eigenvalue weighted by Gasteiger charge is 2.33. The zero-order chi connectivity index (χ0) is 16.2. The molecule has 0 bridgehead atoms. The molecule has 1 aliphatic carbocycles. The molecule has 1 aliphatic heterocycles. The number of hydrogen-bond acceptors (Lipinski definition) is 3. The van der Waals surface area contributed by atoms with Gasteiger partial charge in [0.2, 0.25) is 0 Å². The van der Waals surface area contributed by atoms with Gasteiger partial charge in [0.05, 0.1) is 19.8 Å². The SMILES string of the molecule is COC[C@H](NC(=O)N1CCc2cccc(OC)c2CC1)C1CC1. The summed E-state index contributed by atoms with van der Waals surface area (Å²) in [6, 6.07) is 6.33. The molecule has 1 saturated carbocycles. The average molecular weight is 318 g/mol. The highest BCUT2D eigenvalue weighted by atomic mass is 16.5. The van der Waals surface area contributed by atoms with Crippen molar-refractivity contribution in [2.45, 2.75) is 31.7 Å². The Hall–Kier alpha value is -1.75. The van der Waals surface area contributed by atoms with Crippen LogP contribution in [-0.4, -0.2) is 50.9 Å². The van der Waals surface area contributed by atoms with Crippen molar-refractivity contribution in [3.8, 4) is 5.75 Å². The summed E-state index contributed by atoms with van der Waals surface area (Å²) in [5.74, 6) is 1.52. The molecule has 5 heteroatoms. The number of amides is 2. The van der Waals surface area contributed by atoms with Crippen LogP contribution in [0.3, 0.4) is 0 Å². The first-order valence-electron chi connectivity index (χ1n) is 8.42. The van der Waals surface area contributed by atoms with Gasteiger partial charge in [0, 0.05) is 20.2 Å². The molecule has 5 nitrogen and oxygen atoms in total. The fraction of sp³-hybridized carbons (Fsp3) is 0.611. The number of nitrogens with one attached hydrogen (secondary N) is 1. The maximum Gasteiger partial charge on any atom is 0.317 e. The van der Waals surface area contributed by atoms with Crippen LogP contribution >= 0.6 is 0 Å². The van der Waals surface area contributed by atoms with E-state index in [-0.39, 0.29) is 12.1 Å². The van der Waals surface area contributed by atoms with Crippen LogP contribution in [0.5, 0.6) is 5.75 Å². The zero-order valence-corrected chi connectivity index (χ0v) is 14.0. The second-order valence-corrected chi connectivity index (χ2v) is 6.43. The van der Waals surface area contributed by atoms with E-state index in [9.17, 15) is 4.79 Å². The van der Waals surface area contributed by atoms with Gasteiger partial charge in [-0.15, -0.1) is 0 Å². The van der Waals surface area contributed by atoms with Crippen LogP contribution < -0.4 is 10.1 Å². The van der Waals surface area contributed by atoms with Crippen LogP contribution in [0.1, 0.15) is 24.0 Å². The molecule has 2 amide bonds. The molecule has 0 saturated heterocycles. The van der Waals surface area contributed by atoms with Crippen LogP contribution in [0.25, 0.3) is 0 Å². The first-order chi connectivity index (χ1) is 11.2. The van der Waals surface area contributed by atoms with E-state index < -0.39 is 0 Å². The Morgan fingerprint density at radius 2 is 2.09 bits per heavy atom. The molecule has 0 aromatic heterocycles. The summed E-state index contributed by atoms with van der Waals surface area (Å²) < 4.78 is 10.7. The number of ether oxygens (including phenoxy) is 2. The second-order valence-electron chi connectivity index (χ2n) is 6.43. The molecule has 1 N–H and O–H groups in total. The normalized spacial score (nSPS) is 18.8. The summed E-state index contributed by atoms with van der Waals surface area (Å²) in [5.41, 5.74) is 2.52. The Balaban J connectivity index is 1.63. The summed E-state index contributed by atoms with van der Waals surface area (Å²) in [6.07, 6.45) is 4.09. The van der Waals surface area contributed by atoms with Gasteiger partial charge in [-0.3, -0.25) is 0 Å². The summed E-state index contributed by atoms with van der Waals surface area (Å²) >= 11 is 0. The van der Waals surface area contributed by atoms with Gasteiger partial charge in [-0.05, 0) is 48.8 Å². The minimum absolute atomic E-state index is 0.0331. The maximum absolute atomic E-state index is 12.6. The molecule has 126 valence electrons. The Kier molecular flexibility index (Phi) is 5.06. The molecule has 1 atom stereocenters. The van der Waals surface area contributed by atoms with Crippen molar-refractivity contribution in [3.63, 3.8) is 0 Å². The van der Waals surface area contributed by atoms with Gasteiger partial charge in [-0.1, -0.05) is 12.1 Å². The smallest absolute Gasteiger partial charge is 0.317 e. The molecule has 2 aliphatic rings. The number of carbonyl (C=O) groups is 1. The summed E-state index contributed by atoms with van der Waals surface area (Å²) in [6.45, 7) is 2.07. The van der Waals surface area contributed by atoms with Crippen LogP contribution in [0, 0.1) is 5.92 Å². The number of methoxy groups -OCH3 is 2. The lowest BCUT2D eigenvalue weighted by atomic mass is 10.0. The Morgan fingerprint density at radius 3 is 2.78 bits per heavy atom. The van der Waals surface area contributed by atoms with E-state index in [4.69, 9.17) is 9.47 Å². The van der Waals surface area contributed by atoms with Crippen molar-refractivity contribution in [1.82, 2.24) is 10.2 Å². The fourth-order valence-electron chi connectivity index (χ4n) is 3.36. The number of carbonyl (C=O) groups excluding carboxylic acids is 1. The van der Waals surface area contributed by atoms with Gasteiger partial charge in [0.15, 0.2) is 0 Å². The van der Waals surface area contributed by atoms with Crippen molar-refractivity contribution < 1.29 is 14.3 Å². The predicted octanol–water partition coefficient (Wildman–Crippen LogP) is 2.23. The number of fused-ring (bicyclic) bond motifs is 1. The van der Waals surface area contributed by atoms with Gasteiger partial charge in [0.1, 0.15) is 5.75 Å². The lowest BCUT2D eigenvalue weighted by molar-refractivity contribution is 0.148. The predicted molar refractivity (Wildman–Crippen MR) is 88.9 cm³/mol. The molecule has 0 radical (unpaired) electrons. The van der Waals surface area contributed by atoms with E-state index in [1.807, 2.05) is 17.0 Å². The van der Waals surface area contributed by atoms with Gasteiger partial charge < -0.3 is 19.7 Å². The molecule has 23 heavy (non-hydrogen) atoms. The highest BCUT2D eigenvalue weighted by molar-refractivity contribution is 5.75. The standard InChI is InChI=1S/C18H26N2O3/c1-22-12-16(14-6-7-14)19-18(21)20-10-8-13-4-3-5-17(23-2)15(13)9-11-20/h3-5,14,16H,6-12H2,1-2H3,(H,19,21)/t16-/m0/s1. The topological polar surface area (TPSA) is 50.8 Å². The van der Waals surface area contributed by atoms with Crippen LogP contribution in [-0.2, 0) is 17.6 Å². The van der Waals surface area contributed by atoms with E-state index in [0.717, 1.165) is 31.7 Å². The Bertz CT molecular complexity index is 557. The summed E-state index contributed by atoms with van der Waals surface area (Å²) in [4.78, 5) is 14.5. The first-order valence-corrected chi connectivity index (χ1v) is 8.42. The Morgan fingerprint density at radius 1 is 1.30 bits per heavy atom. The summed E-state index contributed by atoms with van der Waals surface area (Å²) in [5, 5.41) is 3.16. The minimum atomic E-state index is 0.0331. The average Bonchev–Trinajstić information content (AvgIpc) is 3.40. The number of urea groups is 1. The van der Waals surface area contributed by atoms with Crippen molar-refractivity contribution in [3.05, 3.63) is 29.3 Å². The fourth-order valence-corrected chi connectivity index (χ4v) is 3.36. The first kappa shape index (κ1) is 16.1. The largest absolute Gasteiger partial charge is 0.496 e. The van der Waals surface area contributed by atoms with Crippen LogP contribution in [0.15, 0.2) is 18.2 Å². The Labute approximate surface area is 137 Å². The molecule has 1 aromatic carbocycles. The number of hydrogen-bond donors (Lipinski definition) is 1. The third kappa shape index (κ3) is 3.78. The lowest BCUT2D eigenvalue weighted by Crippen LogP contribution is -2.48. The van der Waals surface area contributed by atoms with E-state index in [0.29, 0.717) is 12.5 Å². The number of nitrogens with zero attached hydrogens (tertiary/aromatic N) is 1. The molecule has 0 unspecified atom stereocenters. The molecular weight excluding hydrogens is 292 g/mol. The van der Waals surface area contributed by atoms with E-state index >= 15 is 0 Å². The quantitative estimate of drug-likeness (QED) is 0.906. The molecule has 1 fully saturated rings. The maximum atomic E-state index is 12.6. The summed E-state index contributed by atoms with van der Waals surface area (Å²) in [7, 11) is 3.40. The second kappa shape index (κ2) is 7.21. The van der Waals surface area contributed by atoms with Crippen LogP contribution in [0.2, 0.25) is 0 Å². The minimum Gasteiger partial charge on any atom is -0.496 e. The number of rotatable bonds is 5. The van der Waals surface area contributed by atoms with Crippen molar-refractivity contribution in [2.24, 2.45) is 5.92 Å². The van der Waals surface area contributed by atoms with E-state index in [1.54, 1.807) is 14.2 Å². The third-order valence-corrected chi connectivity index (χ3v) is 4.87. The lowest BCUT2D eigenvalue weighted by Gasteiger charge is -2.25. The molecular formula is C18H26N2O3. The van der Waals surface area contributed by atoms with E-state index in [1.165, 1.54) is 24.0 Å². The molecule has 3 rings (SSSR count). The van der Waals surface area contributed by atoms with Gasteiger partial charge >= 0.3 is 6.03 Å². The van der Waals surface area contributed by atoms with E-state index in [2.05, 4.69) is 11.4 Å². The molecule has 1 heterocycles.